The monoisotopic (exact) mass is 293 g/mol. The lowest BCUT2D eigenvalue weighted by molar-refractivity contribution is -0.0730. The van der Waals surface area contributed by atoms with Crippen LogP contribution < -0.4 is 4.74 Å². The number of aromatic nitrogens is 1. The molecule has 0 spiro atoms. The average molecular weight is 293 g/mol. The first-order chi connectivity index (χ1) is 9.85. The molecule has 2 rings (SSSR count). The number of pyridine rings is 1. The maximum atomic E-state index is 11.2. The molecule has 1 aromatic heterocycles. The number of carboxylic acid groups (broad SMARTS) is 1. The largest absolute Gasteiger partial charge is 0.478 e. The Morgan fingerprint density at radius 3 is 2.48 bits per heavy atom. The van der Waals surface area contributed by atoms with Crippen LogP contribution in [0.1, 0.15) is 62.5 Å². The number of hydrogen-bond donors (Lipinski definition) is 1. The Balaban J connectivity index is 2.20. The minimum Gasteiger partial charge on any atom is -0.478 e. The number of nitrogens with zero attached hydrogens (tertiary/aromatic N) is 1. The van der Waals surface area contributed by atoms with Gasteiger partial charge in [0.15, 0.2) is 0 Å². The molecule has 0 saturated carbocycles. The van der Waals surface area contributed by atoms with Crippen molar-refractivity contribution in [1.82, 2.24) is 4.98 Å². The summed E-state index contributed by atoms with van der Waals surface area (Å²) in [6, 6.07) is 3.11. The van der Waals surface area contributed by atoms with Gasteiger partial charge in [-0.25, -0.2) is 9.78 Å². The number of ether oxygens (including phenoxy) is 2. The molecule has 5 nitrogen and oxygen atoms in total. The van der Waals surface area contributed by atoms with E-state index >= 15 is 0 Å². The normalized spacial score (nSPS) is 25.9. The first kappa shape index (κ1) is 15.8. The van der Waals surface area contributed by atoms with Crippen molar-refractivity contribution in [2.75, 3.05) is 0 Å². The molecule has 116 valence electrons. The number of rotatable bonds is 4. The van der Waals surface area contributed by atoms with Crippen molar-refractivity contribution in [2.45, 2.75) is 64.8 Å². The molecule has 1 N–H and O–H groups in total. The zero-order valence-electron chi connectivity index (χ0n) is 13.0. The lowest BCUT2D eigenvalue weighted by atomic mass is 10.0. The Kier molecular flexibility index (Phi) is 4.83. The lowest BCUT2D eigenvalue weighted by Gasteiger charge is -2.32. The van der Waals surface area contributed by atoms with Gasteiger partial charge in [0.1, 0.15) is 6.10 Å². The molecule has 1 aliphatic heterocycles. The summed E-state index contributed by atoms with van der Waals surface area (Å²) < 4.78 is 11.6. The summed E-state index contributed by atoms with van der Waals surface area (Å²) >= 11 is 0. The number of aromatic carboxylic acids is 1. The quantitative estimate of drug-likeness (QED) is 0.923. The molecule has 2 atom stereocenters. The molecule has 0 aliphatic carbocycles. The van der Waals surface area contributed by atoms with E-state index in [4.69, 9.17) is 9.47 Å². The highest BCUT2D eigenvalue weighted by molar-refractivity contribution is 5.88. The topological polar surface area (TPSA) is 68.7 Å². The van der Waals surface area contributed by atoms with Crippen molar-refractivity contribution in [3.63, 3.8) is 0 Å². The second-order valence-corrected chi connectivity index (χ2v) is 6.05. The van der Waals surface area contributed by atoms with E-state index in [0.717, 1.165) is 18.5 Å². The molecule has 1 aliphatic rings. The highest BCUT2D eigenvalue weighted by atomic mass is 16.5. The predicted molar refractivity (Wildman–Crippen MR) is 78.9 cm³/mol. The average Bonchev–Trinajstić information content (AvgIpc) is 2.36. The van der Waals surface area contributed by atoms with Gasteiger partial charge in [0.05, 0.1) is 17.8 Å². The minimum atomic E-state index is -0.960. The van der Waals surface area contributed by atoms with Crippen LogP contribution in [0.3, 0.4) is 0 Å². The Morgan fingerprint density at radius 1 is 1.33 bits per heavy atom. The summed E-state index contributed by atoms with van der Waals surface area (Å²) in [4.78, 5) is 15.7. The third kappa shape index (κ3) is 4.17. The van der Waals surface area contributed by atoms with Gasteiger partial charge in [-0.2, -0.15) is 0 Å². The molecule has 2 heterocycles. The van der Waals surface area contributed by atoms with Crippen LogP contribution in [0.25, 0.3) is 0 Å². The second-order valence-electron chi connectivity index (χ2n) is 6.05. The van der Waals surface area contributed by atoms with Crippen LogP contribution in [-0.4, -0.2) is 34.4 Å². The van der Waals surface area contributed by atoms with Crippen molar-refractivity contribution >= 4 is 5.97 Å². The summed E-state index contributed by atoms with van der Waals surface area (Å²) in [5.41, 5.74) is 0.954. The molecule has 2 unspecified atom stereocenters. The summed E-state index contributed by atoms with van der Waals surface area (Å²) in [6.07, 6.45) is 1.89. The third-order valence-corrected chi connectivity index (χ3v) is 3.60. The Bertz CT molecular complexity index is 505. The first-order valence-corrected chi connectivity index (χ1v) is 7.42. The maximum Gasteiger partial charge on any atom is 0.335 e. The maximum absolute atomic E-state index is 11.2. The molecular weight excluding hydrogens is 270 g/mol. The summed E-state index contributed by atoms with van der Waals surface area (Å²) in [6.45, 7) is 8.01. The van der Waals surface area contributed by atoms with Crippen molar-refractivity contribution in [1.29, 1.82) is 0 Å². The predicted octanol–water partition coefficient (Wildman–Crippen LogP) is 3.24. The molecule has 0 aromatic carbocycles. The molecule has 1 saturated heterocycles. The number of carbonyl (C=O) groups is 1. The summed E-state index contributed by atoms with van der Waals surface area (Å²) in [5.74, 6) is -0.415. The Hall–Kier alpha value is -1.62. The van der Waals surface area contributed by atoms with Crippen molar-refractivity contribution in [3.05, 3.63) is 23.4 Å². The van der Waals surface area contributed by atoms with Crippen molar-refractivity contribution < 1.29 is 19.4 Å². The molecule has 5 heteroatoms. The van der Waals surface area contributed by atoms with E-state index in [1.807, 2.05) is 27.7 Å². The van der Waals surface area contributed by atoms with E-state index in [1.165, 1.54) is 6.07 Å². The van der Waals surface area contributed by atoms with Crippen molar-refractivity contribution in [3.8, 4) is 5.88 Å². The number of hydrogen-bond acceptors (Lipinski definition) is 4. The third-order valence-electron chi connectivity index (χ3n) is 3.60. The van der Waals surface area contributed by atoms with Gasteiger partial charge in [0.2, 0.25) is 5.88 Å². The van der Waals surface area contributed by atoms with E-state index < -0.39 is 5.97 Å². The lowest BCUT2D eigenvalue weighted by Crippen LogP contribution is -2.36. The summed E-state index contributed by atoms with van der Waals surface area (Å²) in [5, 5.41) is 9.20. The fraction of sp³-hybridized carbons (Fsp3) is 0.625. The Labute approximate surface area is 125 Å². The zero-order valence-corrected chi connectivity index (χ0v) is 13.0. The number of carboxylic acids is 1. The first-order valence-electron chi connectivity index (χ1n) is 7.42. The van der Waals surface area contributed by atoms with Crippen molar-refractivity contribution in [2.24, 2.45) is 0 Å². The highest BCUT2D eigenvalue weighted by Crippen LogP contribution is 2.25. The molecule has 0 radical (unpaired) electrons. The zero-order chi connectivity index (χ0) is 15.6. The highest BCUT2D eigenvalue weighted by Gasteiger charge is 2.26. The van der Waals surface area contributed by atoms with E-state index in [0.29, 0.717) is 5.88 Å². The molecule has 0 bridgehead atoms. The van der Waals surface area contributed by atoms with Gasteiger partial charge < -0.3 is 14.6 Å². The SMILES string of the molecule is CC1CC(Oc2cc(C(=O)O)cc(C(C)C)n2)CC(C)O1. The van der Waals surface area contributed by atoms with Gasteiger partial charge in [0.25, 0.3) is 0 Å². The minimum absolute atomic E-state index is 0.0142. The summed E-state index contributed by atoms with van der Waals surface area (Å²) in [7, 11) is 0. The molecule has 0 amide bonds. The van der Waals surface area contributed by atoms with Crippen LogP contribution in [0.4, 0.5) is 0 Å². The molecule has 1 fully saturated rings. The fourth-order valence-corrected chi connectivity index (χ4v) is 2.62. The van der Waals surface area contributed by atoms with Gasteiger partial charge in [-0.15, -0.1) is 0 Å². The molecular formula is C16H23NO4. The second kappa shape index (κ2) is 6.43. The van der Waals surface area contributed by atoms with Crippen LogP contribution in [0.5, 0.6) is 5.88 Å². The smallest absolute Gasteiger partial charge is 0.335 e. The van der Waals surface area contributed by atoms with Crippen LogP contribution >= 0.6 is 0 Å². The van der Waals surface area contributed by atoms with E-state index in [-0.39, 0.29) is 29.8 Å². The van der Waals surface area contributed by atoms with Crippen LogP contribution in [-0.2, 0) is 4.74 Å². The molecule has 1 aromatic rings. The van der Waals surface area contributed by atoms with Gasteiger partial charge in [-0.3, -0.25) is 0 Å². The van der Waals surface area contributed by atoms with Gasteiger partial charge >= 0.3 is 5.97 Å². The van der Waals surface area contributed by atoms with Gasteiger partial charge in [-0.1, -0.05) is 13.8 Å². The van der Waals surface area contributed by atoms with E-state index in [2.05, 4.69) is 4.98 Å². The van der Waals surface area contributed by atoms with Gasteiger partial charge in [0, 0.05) is 24.6 Å². The van der Waals surface area contributed by atoms with E-state index in [9.17, 15) is 9.90 Å². The van der Waals surface area contributed by atoms with E-state index in [1.54, 1.807) is 6.07 Å². The van der Waals surface area contributed by atoms with Crippen LogP contribution in [0.15, 0.2) is 12.1 Å². The molecule has 21 heavy (non-hydrogen) atoms. The van der Waals surface area contributed by atoms with Gasteiger partial charge in [-0.05, 0) is 25.8 Å². The van der Waals surface area contributed by atoms with Crippen LogP contribution in [0.2, 0.25) is 0 Å². The Morgan fingerprint density at radius 2 is 1.95 bits per heavy atom. The fourth-order valence-electron chi connectivity index (χ4n) is 2.62. The standard InChI is InChI=1S/C16H23NO4/c1-9(2)14-7-12(16(18)19)8-15(17-14)21-13-5-10(3)20-11(4)6-13/h7-11,13H,5-6H2,1-4H3,(H,18,19). The van der Waals surface area contributed by atoms with Crippen LogP contribution in [0, 0.1) is 0 Å².